The molecule has 18 heavy (non-hydrogen) atoms. The van der Waals surface area contributed by atoms with Gasteiger partial charge in [0.05, 0.1) is 0 Å². The molecule has 0 bridgehead atoms. The summed E-state index contributed by atoms with van der Waals surface area (Å²) in [6.07, 6.45) is 4.35. The minimum Gasteiger partial charge on any atom is -0.336 e. The van der Waals surface area contributed by atoms with Gasteiger partial charge in [0.2, 0.25) is 0 Å². The smallest absolute Gasteiger partial charge is 0.254 e. The Kier molecular flexibility index (Phi) is 4.00. The molecule has 1 unspecified atom stereocenters. The molecule has 3 heteroatoms. The van der Waals surface area contributed by atoms with E-state index in [1.807, 2.05) is 4.90 Å². The first kappa shape index (κ1) is 13.1. The number of hydrogen-bond donors (Lipinski definition) is 0. The van der Waals surface area contributed by atoms with Crippen LogP contribution in [-0.4, -0.2) is 23.4 Å². The molecule has 0 radical (unpaired) electrons. The van der Waals surface area contributed by atoms with Crippen LogP contribution in [0.1, 0.15) is 48.5 Å². The lowest BCUT2D eigenvalue weighted by Gasteiger charge is -2.35. The van der Waals surface area contributed by atoms with Crippen molar-refractivity contribution >= 4 is 5.91 Å². The van der Waals surface area contributed by atoms with Crippen LogP contribution < -0.4 is 0 Å². The van der Waals surface area contributed by atoms with Crippen LogP contribution in [0.3, 0.4) is 0 Å². The van der Waals surface area contributed by atoms with Crippen molar-refractivity contribution in [2.24, 2.45) is 0 Å². The summed E-state index contributed by atoms with van der Waals surface area (Å²) in [6.45, 7) is 4.64. The fourth-order valence-electron chi connectivity index (χ4n) is 2.64. The highest BCUT2D eigenvalue weighted by Crippen LogP contribution is 2.22. The molecule has 2 rings (SSSR count). The number of carbonyl (C=O) groups is 1. The zero-order valence-electron chi connectivity index (χ0n) is 11.1. The van der Waals surface area contributed by atoms with Gasteiger partial charge in [0, 0.05) is 18.2 Å². The standard InChI is InChI=1S/C15H20FNO/c1-3-13-6-4-5-9-17(13)15(18)12-7-8-14(16)11(2)10-12/h7-8,10,13H,3-6,9H2,1-2H3. The summed E-state index contributed by atoms with van der Waals surface area (Å²) in [6, 6.07) is 4.97. The Labute approximate surface area is 108 Å². The van der Waals surface area contributed by atoms with Gasteiger partial charge < -0.3 is 4.90 Å². The predicted molar refractivity (Wildman–Crippen MR) is 70.1 cm³/mol. The van der Waals surface area contributed by atoms with Crippen molar-refractivity contribution in [2.45, 2.75) is 45.6 Å². The van der Waals surface area contributed by atoms with Gasteiger partial charge in [0.1, 0.15) is 5.82 Å². The van der Waals surface area contributed by atoms with E-state index in [4.69, 9.17) is 0 Å². The number of aryl methyl sites for hydroxylation is 1. The molecule has 0 aliphatic carbocycles. The SMILES string of the molecule is CCC1CCCCN1C(=O)c1ccc(F)c(C)c1. The Morgan fingerprint density at radius 2 is 2.22 bits per heavy atom. The fraction of sp³-hybridized carbons (Fsp3) is 0.533. The first-order chi connectivity index (χ1) is 8.63. The van der Waals surface area contributed by atoms with Crippen molar-refractivity contribution in [3.05, 3.63) is 35.1 Å². The topological polar surface area (TPSA) is 20.3 Å². The summed E-state index contributed by atoms with van der Waals surface area (Å²) in [5, 5.41) is 0. The second kappa shape index (κ2) is 5.51. The second-order valence-electron chi connectivity index (χ2n) is 5.02. The van der Waals surface area contributed by atoms with Crippen LogP contribution in [-0.2, 0) is 0 Å². The number of carbonyl (C=O) groups excluding carboxylic acids is 1. The lowest BCUT2D eigenvalue weighted by atomic mass is 9.98. The third kappa shape index (κ3) is 2.55. The molecule has 0 aromatic heterocycles. The van der Waals surface area contributed by atoms with Gasteiger partial charge in [-0.2, -0.15) is 0 Å². The molecule has 1 saturated heterocycles. The highest BCUT2D eigenvalue weighted by molar-refractivity contribution is 5.94. The van der Waals surface area contributed by atoms with Gasteiger partial charge in [-0.3, -0.25) is 4.79 Å². The molecule has 1 aromatic rings. The molecule has 98 valence electrons. The molecule has 1 atom stereocenters. The van der Waals surface area contributed by atoms with E-state index in [0.29, 0.717) is 17.2 Å². The summed E-state index contributed by atoms with van der Waals surface area (Å²) >= 11 is 0. The van der Waals surface area contributed by atoms with Crippen LogP contribution in [0.25, 0.3) is 0 Å². The Morgan fingerprint density at radius 3 is 2.89 bits per heavy atom. The molecule has 2 nitrogen and oxygen atoms in total. The Balaban J connectivity index is 2.21. The van der Waals surface area contributed by atoms with E-state index in [1.54, 1.807) is 19.1 Å². The number of likely N-dealkylation sites (tertiary alicyclic amines) is 1. The number of piperidine rings is 1. The van der Waals surface area contributed by atoms with Gasteiger partial charge in [-0.05, 0) is 56.4 Å². The van der Waals surface area contributed by atoms with Crippen LogP contribution in [0.15, 0.2) is 18.2 Å². The van der Waals surface area contributed by atoms with Crippen molar-refractivity contribution in [1.29, 1.82) is 0 Å². The van der Waals surface area contributed by atoms with Crippen LogP contribution in [0.4, 0.5) is 4.39 Å². The average Bonchev–Trinajstić information content (AvgIpc) is 2.41. The summed E-state index contributed by atoms with van der Waals surface area (Å²) in [5.41, 5.74) is 1.14. The van der Waals surface area contributed by atoms with Crippen molar-refractivity contribution in [2.75, 3.05) is 6.54 Å². The maximum absolute atomic E-state index is 13.2. The van der Waals surface area contributed by atoms with Crippen molar-refractivity contribution < 1.29 is 9.18 Å². The molecular weight excluding hydrogens is 229 g/mol. The number of nitrogens with zero attached hydrogens (tertiary/aromatic N) is 1. The van der Waals surface area contributed by atoms with E-state index in [1.165, 1.54) is 12.5 Å². The molecule has 0 spiro atoms. The van der Waals surface area contributed by atoms with Gasteiger partial charge in [0.25, 0.3) is 5.91 Å². The van der Waals surface area contributed by atoms with E-state index in [0.717, 1.165) is 25.8 Å². The zero-order chi connectivity index (χ0) is 13.1. The van der Waals surface area contributed by atoms with Gasteiger partial charge in [-0.15, -0.1) is 0 Å². The van der Waals surface area contributed by atoms with Gasteiger partial charge in [0.15, 0.2) is 0 Å². The summed E-state index contributed by atoms with van der Waals surface area (Å²) in [4.78, 5) is 14.4. The zero-order valence-corrected chi connectivity index (χ0v) is 11.1. The van der Waals surface area contributed by atoms with E-state index in [-0.39, 0.29) is 11.7 Å². The lowest BCUT2D eigenvalue weighted by molar-refractivity contribution is 0.0608. The van der Waals surface area contributed by atoms with E-state index in [9.17, 15) is 9.18 Å². The highest BCUT2D eigenvalue weighted by Gasteiger charge is 2.26. The molecule has 1 aromatic carbocycles. The number of amides is 1. The van der Waals surface area contributed by atoms with Crippen molar-refractivity contribution in [3.63, 3.8) is 0 Å². The lowest BCUT2D eigenvalue weighted by Crippen LogP contribution is -2.43. The molecule has 0 saturated carbocycles. The van der Waals surface area contributed by atoms with Crippen LogP contribution in [0.2, 0.25) is 0 Å². The van der Waals surface area contributed by atoms with E-state index >= 15 is 0 Å². The normalized spacial score (nSPS) is 19.9. The van der Waals surface area contributed by atoms with Gasteiger partial charge >= 0.3 is 0 Å². The van der Waals surface area contributed by atoms with Crippen molar-refractivity contribution in [1.82, 2.24) is 4.90 Å². The minimum atomic E-state index is -0.253. The van der Waals surface area contributed by atoms with Crippen LogP contribution in [0.5, 0.6) is 0 Å². The fourth-order valence-corrected chi connectivity index (χ4v) is 2.64. The monoisotopic (exact) mass is 249 g/mol. The molecule has 1 amide bonds. The molecule has 0 N–H and O–H groups in total. The van der Waals surface area contributed by atoms with Crippen LogP contribution in [0, 0.1) is 12.7 Å². The second-order valence-corrected chi connectivity index (χ2v) is 5.02. The van der Waals surface area contributed by atoms with E-state index < -0.39 is 0 Å². The molecule has 1 aliphatic rings. The number of rotatable bonds is 2. The Hall–Kier alpha value is -1.38. The largest absolute Gasteiger partial charge is 0.336 e. The number of benzene rings is 1. The third-order valence-electron chi connectivity index (χ3n) is 3.76. The minimum absolute atomic E-state index is 0.0460. The number of hydrogen-bond acceptors (Lipinski definition) is 1. The molecule has 1 fully saturated rings. The van der Waals surface area contributed by atoms with Gasteiger partial charge in [-0.1, -0.05) is 6.92 Å². The number of halogens is 1. The maximum Gasteiger partial charge on any atom is 0.254 e. The van der Waals surface area contributed by atoms with Crippen molar-refractivity contribution in [3.8, 4) is 0 Å². The van der Waals surface area contributed by atoms with E-state index in [2.05, 4.69) is 6.92 Å². The molecular formula is C15H20FNO. The Morgan fingerprint density at radius 1 is 1.44 bits per heavy atom. The molecule has 1 heterocycles. The Bertz CT molecular complexity index is 444. The quantitative estimate of drug-likeness (QED) is 0.785. The average molecular weight is 249 g/mol. The maximum atomic E-state index is 13.2. The first-order valence-corrected chi connectivity index (χ1v) is 6.70. The highest BCUT2D eigenvalue weighted by atomic mass is 19.1. The van der Waals surface area contributed by atoms with Crippen LogP contribution >= 0.6 is 0 Å². The summed E-state index contributed by atoms with van der Waals surface area (Å²) < 4.78 is 13.2. The molecule has 1 aliphatic heterocycles. The summed E-state index contributed by atoms with van der Waals surface area (Å²) in [5.74, 6) is -0.207. The third-order valence-corrected chi connectivity index (χ3v) is 3.76. The van der Waals surface area contributed by atoms with Gasteiger partial charge in [-0.25, -0.2) is 4.39 Å². The predicted octanol–water partition coefficient (Wildman–Crippen LogP) is 3.54. The summed E-state index contributed by atoms with van der Waals surface area (Å²) in [7, 11) is 0. The first-order valence-electron chi connectivity index (χ1n) is 6.70.